The van der Waals surface area contributed by atoms with Crippen LogP contribution in [0.15, 0.2) is 75.9 Å². The first-order chi connectivity index (χ1) is 19.2. The number of rotatable bonds is 6. The molecule has 1 N–H and O–H groups in total. The summed E-state index contributed by atoms with van der Waals surface area (Å²) in [5.74, 6) is 0.736. The molecule has 2 aliphatic rings. The van der Waals surface area contributed by atoms with Gasteiger partial charge in [-0.2, -0.15) is 0 Å². The average molecular weight is 520 g/mol. The van der Waals surface area contributed by atoms with Gasteiger partial charge in [0, 0.05) is 35.7 Å². The number of morpholine rings is 1. The van der Waals surface area contributed by atoms with E-state index in [1.165, 1.54) is 0 Å². The molecule has 1 aliphatic heterocycles. The molecule has 7 rings (SSSR count). The van der Waals surface area contributed by atoms with E-state index in [2.05, 4.69) is 37.5 Å². The lowest BCUT2D eigenvalue weighted by atomic mass is 10.1. The molecule has 3 aromatic heterocycles. The quantitative estimate of drug-likeness (QED) is 0.342. The number of nitrogens with one attached hydrogen (secondary N) is 1. The first kappa shape index (κ1) is 23.4. The normalized spacial score (nSPS) is 15.4. The highest BCUT2D eigenvalue weighted by atomic mass is 16.5. The highest BCUT2D eigenvalue weighted by Gasteiger charge is 2.28. The van der Waals surface area contributed by atoms with E-state index in [1.807, 2.05) is 48.5 Å². The molecule has 0 spiro atoms. The van der Waals surface area contributed by atoms with Gasteiger partial charge in [0.25, 0.3) is 5.89 Å². The number of benzene rings is 2. The molecule has 0 unspecified atom stereocenters. The van der Waals surface area contributed by atoms with E-state index in [-0.39, 0.29) is 17.7 Å². The third kappa shape index (κ3) is 4.70. The van der Waals surface area contributed by atoms with Gasteiger partial charge >= 0.3 is 11.6 Å². The zero-order valence-electron chi connectivity index (χ0n) is 21.1. The minimum absolute atomic E-state index is 0.00616. The molecule has 2 fully saturated rings. The molecule has 1 saturated heterocycles. The van der Waals surface area contributed by atoms with E-state index in [0.29, 0.717) is 36.0 Å². The lowest BCUT2D eigenvalue weighted by molar-refractivity contribution is 0.122. The Bertz CT molecular complexity index is 1710. The van der Waals surface area contributed by atoms with Crippen molar-refractivity contribution in [2.24, 2.45) is 0 Å². The van der Waals surface area contributed by atoms with E-state index >= 15 is 0 Å². The van der Waals surface area contributed by atoms with Crippen LogP contribution in [0.1, 0.15) is 24.5 Å². The van der Waals surface area contributed by atoms with Gasteiger partial charge in [-0.3, -0.25) is 10.1 Å². The van der Waals surface area contributed by atoms with Crippen LogP contribution in [0.4, 0.5) is 17.5 Å². The number of pyridine rings is 1. The maximum atomic E-state index is 13.1. The van der Waals surface area contributed by atoms with E-state index in [0.717, 1.165) is 48.3 Å². The largest absolute Gasteiger partial charge is 0.401 e. The first-order valence-electron chi connectivity index (χ1n) is 13.0. The zero-order chi connectivity index (χ0) is 26.2. The number of hydrogen-bond donors (Lipinski definition) is 1. The van der Waals surface area contributed by atoms with Crippen LogP contribution in [0.2, 0.25) is 0 Å². The van der Waals surface area contributed by atoms with E-state index < -0.39 is 5.56 Å². The Morgan fingerprint density at radius 1 is 0.821 bits per heavy atom. The Morgan fingerprint density at radius 2 is 1.62 bits per heavy atom. The minimum Gasteiger partial charge on any atom is -0.401 e. The molecule has 0 radical (unpaired) electrons. The van der Waals surface area contributed by atoms with Crippen molar-refractivity contribution in [3.8, 4) is 22.8 Å². The first-order valence-corrected chi connectivity index (χ1v) is 13.0. The Kier molecular flexibility index (Phi) is 5.93. The highest BCUT2D eigenvalue weighted by molar-refractivity contribution is 5.92. The van der Waals surface area contributed by atoms with Crippen molar-refractivity contribution in [3.05, 3.63) is 82.8 Å². The number of nitrogens with zero attached hydrogens (tertiary/aromatic N) is 6. The van der Waals surface area contributed by atoms with Crippen molar-refractivity contribution < 1.29 is 9.15 Å². The molecular formula is C29H25N7O3. The summed E-state index contributed by atoms with van der Waals surface area (Å²) in [7, 11) is 0. The summed E-state index contributed by atoms with van der Waals surface area (Å²) < 4.78 is 11.6. The second kappa shape index (κ2) is 9.88. The van der Waals surface area contributed by atoms with Gasteiger partial charge in [0.2, 0.25) is 5.82 Å². The zero-order valence-corrected chi connectivity index (χ0v) is 21.1. The van der Waals surface area contributed by atoms with Crippen molar-refractivity contribution in [1.29, 1.82) is 0 Å². The monoisotopic (exact) mass is 519 g/mol. The number of ether oxygens (including phenoxy) is 1. The molecule has 0 bridgehead atoms. The fraction of sp³-hybridized carbons (Fsp3) is 0.241. The lowest BCUT2D eigenvalue weighted by Gasteiger charge is -2.29. The molecule has 10 heteroatoms. The van der Waals surface area contributed by atoms with E-state index in [1.54, 1.807) is 6.07 Å². The predicted octanol–water partition coefficient (Wildman–Crippen LogP) is 4.56. The number of hydrogen-bond acceptors (Lipinski definition) is 10. The van der Waals surface area contributed by atoms with Crippen molar-refractivity contribution in [2.75, 3.05) is 36.5 Å². The summed E-state index contributed by atoms with van der Waals surface area (Å²) in [4.78, 5) is 29.3. The SMILES string of the molecule is O=c1nc2ccccc2c(-c2ccccc2)nc1Nc1nnc(-c2nc(C3CC3)ccc2N2CCOCC2)o1. The van der Waals surface area contributed by atoms with Crippen molar-refractivity contribution in [2.45, 2.75) is 18.8 Å². The van der Waals surface area contributed by atoms with Gasteiger partial charge in [-0.15, -0.1) is 5.10 Å². The summed E-state index contributed by atoms with van der Waals surface area (Å²) in [6.07, 6.45) is 2.27. The molecule has 5 aromatic rings. The minimum atomic E-state index is -0.531. The summed E-state index contributed by atoms with van der Waals surface area (Å²) in [6.45, 7) is 2.80. The Morgan fingerprint density at radius 3 is 2.44 bits per heavy atom. The third-order valence-corrected chi connectivity index (χ3v) is 6.95. The topological polar surface area (TPSA) is 119 Å². The molecule has 10 nitrogen and oxygen atoms in total. The second-order valence-electron chi connectivity index (χ2n) is 9.62. The number of aromatic nitrogens is 5. The van der Waals surface area contributed by atoms with Crippen LogP contribution in [0.25, 0.3) is 33.7 Å². The predicted molar refractivity (Wildman–Crippen MR) is 147 cm³/mol. The van der Waals surface area contributed by atoms with Crippen LogP contribution in [-0.2, 0) is 4.74 Å². The Balaban J connectivity index is 1.28. The van der Waals surface area contributed by atoms with Crippen molar-refractivity contribution in [1.82, 2.24) is 25.1 Å². The van der Waals surface area contributed by atoms with Crippen LogP contribution in [0.5, 0.6) is 0 Å². The molecule has 0 amide bonds. The van der Waals surface area contributed by atoms with Crippen LogP contribution in [-0.4, -0.2) is 51.5 Å². The Hall–Kier alpha value is -4.70. The maximum absolute atomic E-state index is 13.1. The molecule has 194 valence electrons. The van der Waals surface area contributed by atoms with Gasteiger partial charge in [0.1, 0.15) is 0 Å². The average Bonchev–Trinajstić information content (AvgIpc) is 3.76. The van der Waals surface area contributed by atoms with Crippen molar-refractivity contribution in [3.63, 3.8) is 0 Å². The standard InChI is InChI=1S/C29H25N7O3/c37-27-26(32-24(19-6-2-1-3-7-19)20-8-4-5-9-22(20)31-27)33-29-35-34-28(39-29)25-23(36-14-16-38-17-15-36)13-12-21(30-25)18-10-11-18/h1-9,12-13,18H,10-11,14-17H2,(H,31,32,33,35,37). The molecule has 4 heterocycles. The van der Waals surface area contributed by atoms with Gasteiger partial charge in [0.05, 0.1) is 30.1 Å². The summed E-state index contributed by atoms with van der Waals surface area (Å²) >= 11 is 0. The number of anilines is 3. The van der Waals surface area contributed by atoms with Gasteiger partial charge < -0.3 is 14.1 Å². The highest BCUT2D eigenvalue weighted by Crippen LogP contribution is 2.41. The molecule has 39 heavy (non-hydrogen) atoms. The number of fused-ring (bicyclic) bond motifs is 1. The summed E-state index contributed by atoms with van der Waals surface area (Å²) in [5, 5.41) is 12.2. The van der Waals surface area contributed by atoms with Gasteiger partial charge in [-0.1, -0.05) is 53.6 Å². The molecule has 1 saturated carbocycles. The van der Waals surface area contributed by atoms with Gasteiger partial charge in [-0.05, 0) is 31.0 Å². The van der Waals surface area contributed by atoms with Gasteiger partial charge in [-0.25, -0.2) is 15.0 Å². The van der Waals surface area contributed by atoms with Crippen molar-refractivity contribution >= 4 is 28.4 Å². The smallest absolute Gasteiger partial charge is 0.321 e. The number of para-hydroxylation sites is 1. The van der Waals surface area contributed by atoms with Crippen LogP contribution >= 0.6 is 0 Å². The van der Waals surface area contributed by atoms with E-state index in [4.69, 9.17) is 19.1 Å². The van der Waals surface area contributed by atoms with Gasteiger partial charge in [0.15, 0.2) is 5.69 Å². The van der Waals surface area contributed by atoms with Crippen LogP contribution < -0.4 is 15.8 Å². The van der Waals surface area contributed by atoms with Crippen LogP contribution in [0, 0.1) is 0 Å². The second-order valence-corrected chi connectivity index (χ2v) is 9.62. The molecule has 1 aliphatic carbocycles. The third-order valence-electron chi connectivity index (χ3n) is 6.95. The molecule has 0 atom stereocenters. The van der Waals surface area contributed by atoms with Crippen LogP contribution in [0.3, 0.4) is 0 Å². The lowest BCUT2D eigenvalue weighted by Crippen LogP contribution is -2.36. The molecule has 2 aromatic carbocycles. The summed E-state index contributed by atoms with van der Waals surface area (Å²) in [6, 6.07) is 21.3. The fourth-order valence-corrected chi connectivity index (χ4v) is 4.81. The molecular weight excluding hydrogens is 494 g/mol. The Labute approximate surface area is 223 Å². The van der Waals surface area contributed by atoms with E-state index in [9.17, 15) is 4.79 Å². The fourth-order valence-electron chi connectivity index (χ4n) is 4.81. The maximum Gasteiger partial charge on any atom is 0.321 e. The summed E-state index contributed by atoms with van der Waals surface area (Å²) in [5.41, 5.74) is 4.07.